The van der Waals surface area contributed by atoms with Crippen molar-refractivity contribution in [3.8, 4) is 16.9 Å². The number of hydrogen-bond acceptors (Lipinski definition) is 4. The number of fused-ring (bicyclic) bond motifs is 1. The van der Waals surface area contributed by atoms with Gasteiger partial charge in [-0.25, -0.2) is 0 Å². The second-order valence-electron chi connectivity index (χ2n) is 6.72. The van der Waals surface area contributed by atoms with E-state index >= 15 is 0 Å². The highest BCUT2D eigenvalue weighted by Gasteiger charge is 2.15. The van der Waals surface area contributed by atoms with Gasteiger partial charge in [-0.3, -0.25) is 4.99 Å². The summed E-state index contributed by atoms with van der Waals surface area (Å²) in [6.45, 7) is 4.89. The number of hydrogen-bond donors (Lipinski definition) is 1. The minimum atomic E-state index is 0. The van der Waals surface area contributed by atoms with Gasteiger partial charge in [0.2, 0.25) is 0 Å². The molecule has 0 saturated carbocycles. The number of benzene rings is 3. The lowest BCUT2D eigenvalue weighted by Crippen LogP contribution is -2.20. The smallest absolute Gasteiger partial charge is 0.132 e. The molecule has 0 aliphatic carbocycles. The summed E-state index contributed by atoms with van der Waals surface area (Å²) < 4.78 is 11.1. The molecule has 0 bridgehead atoms. The van der Waals surface area contributed by atoms with Crippen molar-refractivity contribution in [2.75, 3.05) is 33.4 Å². The van der Waals surface area contributed by atoms with Gasteiger partial charge in [-0.05, 0) is 52.6 Å². The number of nitrogens with zero attached hydrogens (tertiary/aromatic N) is 1. The molecule has 4 nitrogen and oxygen atoms in total. The largest absolute Gasteiger partial charge is 0.490 e. The van der Waals surface area contributed by atoms with Gasteiger partial charge in [0.15, 0.2) is 0 Å². The Morgan fingerprint density at radius 1 is 0.964 bits per heavy atom. The van der Waals surface area contributed by atoms with E-state index < -0.39 is 0 Å². The zero-order valence-electron chi connectivity index (χ0n) is 16.2. The number of nitrogens with one attached hydrogen (secondary N) is 1. The van der Waals surface area contributed by atoms with E-state index in [-0.39, 0.29) is 12.4 Å². The van der Waals surface area contributed by atoms with Crippen LogP contribution >= 0.6 is 12.4 Å². The number of methoxy groups -OCH3 is 1. The first-order valence-electron chi connectivity index (χ1n) is 9.30. The molecule has 3 aromatic rings. The maximum Gasteiger partial charge on any atom is 0.132 e. The molecule has 0 fully saturated rings. The number of aryl methyl sites for hydroxylation is 1. The fourth-order valence-corrected chi connectivity index (χ4v) is 3.46. The van der Waals surface area contributed by atoms with E-state index in [9.17, 15) is 0 Å². The molecule has 0 radical (unpaired) electrons. The molecule has 0 atom stereocenters. The number of amidine groups is 1. The molecule has 0 spiro atoms. The van der Waals surface area contributed by atoms with Gasteiger partial charge < -0.3 is 14.8 Å². The summed E-state index contributed by atoms with van der Waals surface area (Å²) in [4.78, 5) is 4.59. The highest BCUT2D eigenvalue weighted by molar-refractivity contribution is 6.06. The van der Waals surface area contributed by atoms with Crippen molar-refractivity contribution in [1.82, 2.24) is 5.32 Å². The first-order valence-corrected chi connectivity index (χ1v) is 9.30. The van der Waals surface area contributed by atoms with E-state index in [0.717, 1.165) is 35.6 Å². The molecular weight excluding hydrogens is 372 g/mol. The monoisotopic (exact) mass is 396 g/mol. The Kier molecular flexibility index (Phi) is 6.55. The van der Waals surface area contributed by atoms with Crippen molar-refractivity contribution in [2.45, 2.75) is 6.92 Å². The molecule has 0 saturated heterocycles. The molecule has 4 rings (SSSR count). The van der Waals surface area contributed by atoms with Gasteiger partial charge in [-0.2, -0.15) is 0 Å². The van der Waals surface area contributed by atoms with Crippen molar-refractivity contribution in [3.63, 3.8) is 0 Å². The molecular formula is C23H25ClN2O2. The van der Waals surface area contributed by atoms with Crippen LogP contribution < -0.4 is 10.1 Å². The van der Waals surface area contributed by atoms with Crippen LogP contribution in [0.1, 0.15) is 11.1 Å². The zero-order valence-corrected chi connectivity index (χ0v) is 17.0. The van der Waals surface area contributed by atoms with Gasteiger partial charge in [-0.15, -0.1) is 12.4 Å². The normalized spacial score (nSPS) is 13.0. The Labute approximate surface area is 172 Å². The Morgan fingerprint density at radius 2 is 1.82 bits per heavy atom. The van der Waals surface area contributed by atoms with Crippen LogP contribution in [0.15, 0.2) is 59.6 Å². The van der Waals surface area contributed by atoms with E-state index in [0.29, 0.717) is 13.2 Å². The third-order valence-electron chi connectivity index (χ3n) is 4.87. The molecule has 0 aromatic heterocycles. The summed E-state index contributed by atoms with van der Waals surface area (Å²) in [6.07, 6.45) is 0. The minimum absolute atomic E-state index is 0. The van der Waals surface area contributed by atoms with Crippen LogP contribution in [0, 0.1) is 6.92 Å². The van der Waals surface area contributed by atoms with Crippen molar-refractivity contribution in [1.29, 1.82) is 0 Å². The van der Waals surface area contributed by atoms with Crippen molar-refractivity contribution in [3.05, 3.63) is 65.7 Å². The first-order chi connectivity index (χ1) is 13.3. The summed E-state index contributed by atoms with van der Waals surface area (Å²) in [5.41, 5.74) is 4.77. The fraction of sp³-hybridized carbons (Fsp3) is 0.261. The predicted octanol–water partition coefficient (Wildman–Crippen LogP) is 4.61. The molecule has 0 unspecified atom stereocenters. The number of halogens is 1. The highest BCUT2D eigenvalue weighted by Crippen LogP contribution is 2.31. The standard InChI is InChI=1S/C23H24N2O2.ClH/c1-16-5-3-4-6-20(16)18-8-7-17-15-22(27-12-11-26-2)21(14-19(17)13-18)23-24-9-10-25-23;/h3-8,13-15H,9-12H2,1-2H3,(H,24,25);1H. The second kappa shape index (κ2) is 9.09. The molecule has 1 aliphatic heterocycles. The maximum atomic E-state index is 5.99. The zero-order chi connectivity index (χ0) is 18.6. The number of aliphatic imine (C=N–C) groups is 1. The van der Waals surface area contributed by atoms with Crippen molar-refractivity contribution >= 4 is 29.0 Å². The SMILES string of the molecule is COCCOc1cc2ccc(-c3ccccc3C)cc2cc1C1=NCCN1.Cl. The summed E-state index contributed by atoms with van der Waals surface area (Å²) in [6, 6.07) is 19.3. The molecule has 0 amide bonds. The van der Waals surface area contributed by atoms with Crippen LogP contribution in [0.4, 0.5) is 0 Å². The van der Waals surface area contributed by atoms with Crippen LogP contribution in [0.25, 0.3) is 21.9 Å². The van der Waals surface area contributed by atoms with Gasteiger partial charge in [0, 0.05) is 13.7 Å². The highest BCUT2D eigenvalue weighted by atomic mass is 35.5. The summed E-state index contributed by atoms with van der Waals surface area (Å²) >= 11 is 0. The van der Waals surface area contributed by atoms with E-state index in [1.54, 1.807) is 7.11 Å². The van der Waals surface area contributed by atoms with E-state index in [2.05, 4.69) is 71.8 Å². The molecule has 146 valence electrons. The number of rotatable bonds is 6. The van der Waals surface area contributed by atoms with Crippen LogP contribution in [-0.2, 0) is 4.74 Å². The lowest BCUT2D eigenvalue weighted by molar-refractivity contribution is 0.146. The molecule has 5 heteroatoms. The van der Waals surface area contributed by atoms with Gasteiger partial charge >= 0.3 is 0 Å². The third kappa shape index (κ3) is 4.13. The van der Waals surface area contributed by atoms with E-state index in [1.807, 2.05) is 0 Å². The van der Waals surface area contributed by atoms with Crippen LogP contribution in [0.3, 0.4) is 0 Å². The Hall–Kier alpha value is -2.56. The number of ether oxygens (including phenoxy) is 2. The quantitative estimate of drug-likeness (QED) is 0.618. The summed E-state index contributed by atoms with van der Waals surface area (Å²) in [7, 11) is 1.68. The fourth-order valence-electron chi connectivity index (χ4n) is 3.46. The lowest BCUT2D eigenvalue weighted by atomic mass is 9.96. The van der Waals surface area contributed by atoms with Gasteiger partial charge in [-0.1, -0.05) is 36.4 Å². The van der Waals surface area contributed by atoms with Crippen LogP contribution in [0.2, 0.25) is 0 Å². The summed E-state index contributed by atoms with van der Waals surface area (Å²) in [5, 5.41) is 5.70. The Bertz CT molecular complexity index is 1000. The maximum absolute atomic E-state index is 5.99. The van der Waals surface area contributed by atoms with Crippen LogP contribution in [0.5, 0.6) is 5.75 Å². The average molecular weight is 397 g/mol. The third-order valence-corrected chi connectivity index (χ3v) is 4.87. The molecule has 1 N–H and O–H groups in total. The van der Waals surface area contributed by atoms with E-state index in [1.165, 1.54) is 22.1 Å². The Balaban J connectivity index is 0.00000225. The van der Waals surface area contributed by atoms with Crippen molar-refractivity contribution < 1.29 is 9.47 Å². The topological polar surface area (TPSA) is 42.9 Å². The van der Waals surface area contributed by atoms with Gasteiger partial charge in [0.25, 0.3) is 0 Å². The lowest BCUT2D eigenvalue weighted by Gasteiger charge is -2.14. The second-order valence-corrected chi connectivity index (χ2v) is 6.72. The van der Waals surface area contributed by atoms with Crippen LogP contribution in [-0.4, -0.2) is 39.2 Å². The van der Waals surface area contributed by atoms with Gasteiger partial charge in [0.1, 0.15) is 18.2 Å². The Morgan fingerprint density at radius 3 is 2.57 bits per heavy atom. The molecule has 1 heterocycles. The van der Waals surface area contributed by atoms with Gasteiger partial charge in [0.05, 0.1) is 18.7 Å². The van der Waals surface area contributed by atoms with Crippen molar-refractivity contribution in [2.24, 2.45) is 4.99 Å². The molecule has 1 aliphatic rings. The summed E-state index contributed by atoms with van der Waals surface area (Å²) in [5.74, 6) is 1.75. The predicted molar refractivity (Wildman–Crippen MR) is 118 cm³/mol. The minimum Gasteiger partial charge on any atom is -0.490 e. The average Bonchev–Trinajstić information content (AvgIpc) is 3.22. The van der Waals surface area contributed by atoms with E-state index in [4.69, 9.17) is 9.47 Å². The molecule has 28 heavy (non-hydrogen) atoms. The molecule has 3 aromatic carbocycles. The first kappa shape index (κ1) is 20.2.